The van der Waals surface area contributed by atoms with Crippen molar-refractivity contribution in [3.63, 3.8) is 0 Å². The first-order valence-electron chi connectivity index (χ1n) is 5.40. The van der Waals surface area contributed by atoms with E-state index in [0.29, 0.717) is 5.92 Å². The van der Waals surface area contributed by atoms with Crippen LogP contribution in [-0.2, 0) is 0 Å². The summed E-state index contributed by atoms with van der Waals surface area (Å²) in [4.78, 5) is 0. The summed E-state index contributed by atoms with van der Waals surface area (Å²) in [5, 5.41) is 0.925. The second kappa shape index (κ2) is 6.19. The van der Waals surface area contributed by atoms with Gasteiger partial charge in [0.2, 0.25) is 0 Å². The Bertz CT molecular complexity index is 138. The van der Waals surface area contributed by atoms with Crippen LogP contribution in [0.1, 0.15) is 39.5 Å². The summed E-state index contributed by atoms with van der Waals surface area (Å²) in [6.45, 7) is 4.63. The van der Waals surface area contributed by atoms with Crippen molar-refractivity contribution in [2.24, 2.45) is 11.8 Å². The predicted molar refractivity (Wildman–Crippen MR) is 63.8 cm³/mol. The maximum Gasteiger partial charge on any atom is 0.0257 e. The highest BCUT2D eigenvalue weighted by Crippen LogP contribution is 2.32. The van der Waals surface area contributed by atoms with Crippen LogP contribution in [0.4, 0.5) is 0 Å². The Balaban J connectivity index is 2.13. The minimum atomic E-state index is 0.684. The third-order valence-corrected chi connectivity index (χ3v) is 4.96. The summed E-state index contributed by atoms with van der Waals surface area (Å²) in [7, 11) is 0. The van der Waals surface area contributed by atoms with Crippen LogP contribution in [0.25, 0.3) is 0 Å². The van der Waals surface area contributed by atoms with Gasteiger partial charge in [0.15, 0.2) is 0 Å². The van der Waals surface area contributed by atoms with E-state index in [9.17, 15) is 0 Å². The molecule has 0 aromatic rings. The largest absolute Gasteiger partial charge is 0.158 e. The highest BCUT2D eigenvalue weighted by Gasteiger charge is 2.19. The van der Waals surface area contributed by atoms with Crippen molar-refractivity contribution in [3.05, 3.63) is 0 Å². The molecular formula is C11H21ClS. The van der Waals surface area contributed by atoms with Gasteiger partial charge in [-0.3, -0.25) is 0 Å². The summed E-state index contributed by atoms with van der Waals surface area (Å²) in [6.07, 6.45) is 5.75. The van der Waals surface area contributed by atoms with Crippen molar-refractivity contribution in [1.82, 2.24) is 0 Å². The van der Waals surface area contributed by atoms with Crippen LogP contribution in [0.2, 0.25) is 0 Å². The number of rotatable bonds is 4. The molecule has 1 fully saturated rings. The third-order valence-electron chi connectivity index (χ3n) is 2.77. The maximum atomic E-state index is 5.79. The molecule has 1 aliphatic carbocycles. The second-order valence-electron chi connectivity index (χ2n) is 4.49. The molecule has 1 rings (SSSR count). The predicted octanol–water partition coefficient (Wildman–Crippen LogP) is 4.17. The molecule has 0 aromatic carbocycles. The number of hydrogen-bond donors (Lipinski definition) is 0. The van der Waals surface area contributed by atoms with Crippen LogP contribution in [0.3, 0.4) is 0 Å². The molecule has 13 heavy (non-hydrogen) atoms. The van der Waals surface area contributed by atoms with E-state index in [1.807, 2.05) is 0 Å². The lowest BCUT2D eigenvalue weighted by Gasteiger charge is -2.26. The first-order chi connectivity index (χ1) is 6.22. The SMILES string of the molecule is CC(CCl)CSC1CCCC(C)C1. The van der Waals surface area contributed by atoms with E-state index < -0.39 is 0 Å². The minimum Gasteiger partial charge on any atom is -0.158 e. The van der Waals surface area contributed by atoms with E-state index in [1.165, 1.54) is 31.4 Å². The molecule has 78 valence electrons. The van der Waals surface area contributed by atoms with Gasteiger partial charge in [0.05, 0.1) is 0 Å². The molecule has 0 nitrogen and oxygen atoms in total. The molecule has 0 aromatic heterocycles. The fourth-order valence-corrected chi connectivity index (χ4v) is 3.63. The molecule has 0 amide bonds. The molecule has 2 heteroatoms. The van der Waals surface area contributed by atoms with Crippen LogP contribution in [0.5, 0.6) is 0 Å². The van der Waals surface area contributed by atoms with Crippen molar-refractivity contribution in [2.75, 3.05) is 11.6 Å². The Morgan fingerprint density at radius 1 is 1.46 bits per heavy atom. The molecule has 0 spiro atoms. The van der Waals surface area contributed by atoms with E-state index in [2.05, 4.69) is 25.6 Å². The molecule has 3 atom stereocenters. The number of alkyl halides is 1. The number of halogens is 1. The Kier molecular flexibility index (Phi) is 5.57. The van der Waals surface area contributed by atoms with E-state index >= 15 is 0 Å². The Morgan fingerprint density at radius 2 is 2.23 bits per heavy atom. The zero-order valence-corrected chi connectivity index (χ0v) is 10.3. The lowest BCUT2D eigenvalue weighted by Crippen LogP contribution is -2.16. The molecule has 1 saturated carbocycles. The summed E-state index contributed by atoms with van der Waals surface area (Å²) < 4.78 is 0. The van der Waals surface area contributed by atoms with Crippen LogP contribution in [-0.4, -0.2) is 16.9 Å². The standard InChI is InChI=1S/C11H21ClS/c1-9-4-3-5-11(6-9)13-8-10(2)7-12/h9-11H,3-8H2,1-2H3. The highest BCUT2D eigenvalue weighted by atomic mass is 35.5. The first-order valence-corrected chi connectivity index (χ1v) is 6.98. The van der Waals surface area contributed by atoms with Crippen molar-refractivity contribution in [2.45, 2.75) is 44.8 Å². The highest BCUT2D eigenvalue weighted by molar-refractivity contribution is 7.99. The van der Waals surface area contributed by atoms with E-state index in [0.717, 1.165) is 17.0 Å². The lowest BCUT2D eigenvalue weighted by molar-refractivity contribution is 0.394. The Hall–Kier alpha value is 0.640. The number of thioether (sulfide) groups is 1. The van der Waals surface area contributed by atoms with Crippen molar-refractivity contribution >= 4 is 23.4 Å². The van der Waals surface area contributed by atoms with E-state index in [1.54, 1.807) is 0 Å². The van der Waals surface area contributed by atoms with Gasteiger partial charge in [-0.15, -0.1) is 11.6 Å². The summed E-state index contributed by atoms with van der Waals surface area (Å²) in [5.74, 6) is 3.71. The van der Waals surface area contributed by atoms with Gasteiger partial charge < -0.3 is 0 Å². The van der Waals surface area contributed by atoms with E-state index in [4.69, 9.17) is 11.6 Å². The van der Waals surface area contributed by atoms with E-state index in [-0.39, 0.29) is 0 Å². The summed E-state index contributed by atoms with van der Waals surface area (Å²) in [6, 6.07) is 0. The quantitative estimate of drug-likeness (QED) is 0.641. The molecule has 0 aliphatic heterocycles. The number of hydrogen-bond acceptors (Lipinski definition) is 1. The molecule has 0 heterocycles. The van der Waals surface area contributed by atoms with Gasteiger partial charge in [-0.2, -0.15) is 11.8 Å². The van der Waals surface area contributed by atoms with Crippen LogP contribution in [0.15, 0.2) is 0 Å². The molecule has 0 bridgehead atoms. The van der Waals surface area contributed by atoms with Crippen LogP contribution < -0.4 is 0 Å². The molecule has 0 saturated heterocycles. The first kappa shape index (κ1) is 11.7. The van der Waals surface area contributed by atoms with Gasteiger partial charge in [-0.05, 0) is 30.4 Å². The Labute approximate surface area is 91.8 Å². The topological polar surface area (TPSA) is 0 Å². The minimum absolute atomic E-state index is 0.684. The second-order valence-corrected chi connectivity index (χ2v) is 6.13. The zero-order chi connectivity index (χ0) is 9.68. The normalized spacial score (nSPS) is 31.6. The monoisotopic (exact) mass is 220 g/mol. The smallest absolute Gasteiger partial charge is 0.0257 e. The molecule has 0 radical (unpaired) electrons. The van der Waals surface area contributed by atoms with Gasteiger partial charge >= 0.3 is 0 Å². The lowest BCUT2D eigenvalue weighted by atomic mass is 9.91. The van der Waals surface area contributed by atoms with Gasteiger partial charge in [0, 0.05) is 11.1 Å². The molecule has 1 aliphatic rings. The van der Waals surface area contributed by atoms with Gasteiger partial charge in [-0.1, -0.05) is 26.7 Å². The maximum absolute atomic E-state index is 5.79. The summed E-state index contributed by atoms with van der Waals surface area (Å²) >= 11 is 7.93. The zero-order valence-electron chi connectivity index (χ0n) is 8.76. The van der Waals surface area contributed by atoms with Gasteiger partial charge in [0.25, 0.3) is 0 Å². The van der Waals surface area contributed by atoms with Gasteiger partial charge in [-0.25, -0.2) is 0 Å². The third kappa shape index (κ3) is 4.60. The molecule has 3 unspecified atom stereocenters. The van der Waals surface area contributed by atoms with Crippen LogP contribution in [0, 0.1) is 11.8 Å². The average molecular weight is 221 g/mol. The van der Waals surface area contributed by atoms with Crippen molar-refractivity contribution < 1.29 is 0 Å². The van der Waals surface area contributed by atoms with Gasteiger partial charge in [0.1, 0.15) is 0 Å². The van der Waals surface area contributed by atoms with Crippen LogP contribution >= 0.6 is 23.4 Å². The Morgan fingerprint density at radius 3 is 2.85 bits per heavy atom. The van der Waals surface area contributed by atoms with Crippen molar-refractivity contribution in [3.8, 4) is 0 Å². The molecule has 0 N–H and O–H groups in total. The summed E-state index contributed by atoms with van der Waals surface area (Å²) in [5.41, 5.74) is 0. The fraction of sp³-hybridized carbons (Fsp3) is 1.00. The average Bonchev–Trinajstić information content (AvgIpc) is 2.14. The molecular weight excluding hydrogens is 200 g/mol. The fourth-order valence-electron chi connectivity index (χ4n) is 1.87. The van der Waals surface area contributed by atoms with Crippen molar-refractivity contribution in [1.29, 1.82) is 0 Å².